The highest BCUT2D eigenvalue weighted by atomic mass is 16.5. The lowest BCUT2D eigenvalue weighted by Crippen LogP contribution is -2.26. The minimum Gasteiger partial charge on any atom is -0.378 e. The summed E-state index contributed by atoms with van der Waals surface area (Å²) in [7, 11) is 0. The molecule has 3 rings (SSSR count). The fraction of sp³-hybridized carbons (Fsp3) is 0.429. The van der Waals surface area contributed by atoms with E-state index >= 15 is 0 Å². The molecule has 1 aliphatic rings. The van der Waals surface area contributed by atoms with Crippen LogP contribution in [0.2, 0.25) is 0 Å². The van der Waals surface area contributed by atoms with E-state index in [1.54, 1.807) is 29.3 Å². The Balaban J connectivity index is 1.68. The normalized spacial score (nSPS) is 18.4. The molecular weight excluding hydrogens is 270 g/mol. The topological polar surface area (TPSA) is 81.9 Å². The second-order valence-corrected chi connectivity index (χ2v) is 4.95. The standard InChI is InChI=1S/C14H17N5O2/c20-13(8-11-4-1-2-7-21-11)18-12-9-15-10-16-14(12)19-6-3-5-17-19/h3,5-6,9-11H,1-2,4,7-8H2,(H,18,20)/t11-/m0/s1. The Morgan fingerprint density at radius 2 is 2.43 bits per heavy atom. The second-order valence-electron chi connectivity index (χ2n) is 4.95. The first-order valence-corrected chi connectivity index (χ1v) is 7.04. The molecule has 7 nitrogen and oxygen atoms in total. The van der Waals surface area contributed by atoms with E-state index < -0.39 is 0 Å². The summed E-state index contributed by atoms with van der Waals surface area (Å²) in [5, 5.41) is 6.96. The molecule has 1 fully saturated rings. The number of nitrogens with one attached hydrogen (secondary N) is 1. The molecule has 0 aliphatic carbocycles. The Labute approximate surface area is 122 Å². The van der Waals surface area contributed by atoms with Crippen LogP contribution in [-0.2, 0) is 9.53 Å². The zero-order valence-corrected chi connectivity index (χ0v) is 11.6. The number of ether oxygens (including phenoxy) is 1. The molecule has 0 aromatic carbocycles. The van der Waals surface area contributed by atoms with Crippen molar-refractivity contribution in [1.82, 2.24) is 19.7 Å². The first kappa shape index (κ1) is 13.7. The van der Waals surface area contributed by atoms with Crippen molar-refractivity contribution < 1.29 is 9.53 Å². The van der Waals surface area contributed by atoms with Crippen molar-refractivity contribution in [3.63, 3.8) is 0 Å². The van der Waals surface area contributed by atoms with Crippen LogP contribution < -0.4 is 5.32 Å². The summed E-state index contributed by atoms with van der Waals surface area (Å²) in [6.07, 6.45) is 9.92. The Bertz CT molecular complexity index is 593. The number of amides is 1. The molecule has 1 N–H and O–H groups in total. The number of hydrogen-bond donors (Lipinski definition) is 1. The smallest absolute Gasteiger partial charge is 0.227 e. The highest BCUT2D eigenvalue weighted by Crippen LogP contribution is 2.18. The van der Waals surface area contributed by atoms with E-state index in [1.165, 1.54) is 6.33 Å². The minimum absolute atomic E-state index is 0.0107. The van der Waals surface area contributed by atoms with Gasteiger partial charge in [-0.15, -0.1) is 0 Å². The third-order valence-corrected chi connectivity index (χ3v) is 3.37. The van der Waals surface area contributed by atoms with Gasteiger partial charge in [0, 0.05) is 19.0 Å². The van der Waals surface area contributed by atoms with Gasteiger partial charge in [-0.05, 0) is 25.3 Å². The van der Waals surface area contributed by atoms with Crippen LogP contribution in [0.4, 0.5) is 5.69 Å². The Morgan fingerprint density at radius 1 is 1.48 bits per heavy atom. The first-order chi connectivity index (χ1) is 10.3. The molecule has 0 bridgehead atoms. The molecule has 0 radical (unpaired) electrons. The lowest BCUT2D eigenvalue weighted by atomic mass is 10.1. The van der Waals surface area contributed by atoms with E-state index in [-0.39, 0.29) is 12.0 Å². The van der Waals surface area contributed by atoms with Gasteiger partial charge in [-0.1, -0.05) is 0 Å². The van der Waals surface area contributed by atoms with Crippen LogP contribution in [0, 0.1) is 0 Å². The molecule has 1 aliphatic heterocycles. The number of nitrogens with zero attached hydrogens (tertiary/aromatic N) is 4. The molecule has 1 amide bonds. The highest BCUT2D eigenvalue weighted by molar-refractivity contribution is 5.92. The number of carbonyl (C=O) groups is 1. The van der Waals surface area contributed by atoms with Gasteiger partial charge < -0.3 is 10.1 Å². The molecular formula is C14H17N5O2. The van der Waals surface area contributed by atoms with Crippen LogP contribution in [0.1, 0.15) is 25.7 Å². The van der Waals surface area contributed by atoms with E-state index in [4.69, 9.17) is 4.74 Å². The van der Waals surface area contributed by atoms with Crippen molar-refractivity contribution in [2.45, 2.75) is 31.8 Å². The van der Waals surface area contributed by atoms with Crippen molar-refractivity contribution >= 4 is 11.6 Å². The van der Waals surface area contributed by atoms with Crippen LogP contribution in [0.15, 0.2) is 31.0 Å². The summed E-state index contributed by atoms with van der Waals surface area (Å²) in [6, 6.07) is 1.80. The Kier molecular flexibility index (Phi) is 4.20. The van der Waals surface area contributed by atoms with Gasteiger partial charge in [0.15, 0.2) is 5.82 Å². The average molecular weight is 287 g/mol. The van der Waals surface area contributed by atoms with Crippen LogP contribution in [0.3, 0.4) is 0 Å². The van der Waals surface area contributed by atoms with E-state index in [0.29, 0.717) is 17.9 Å². The van der Waals surface area contributed by atoms with Gasteiger partial charge in [0.05, 0.1) is 18.7 Å². The van der Waals surface area contributed by atoms with E-state index in [2.05, 4.69) is 20.4 Å². The van der Waals surface area contributed by atoms with Crippen LogP contribution in [0.5, 0.6) is 0 Å². The lowest BCUT2D eigenvalue weighted by Gasteiger charge is -2.22. The molecule has 2 aromatic rings. The van der Waals surface area contributed by atoms with Crippen molar-refractivity contribution in [2.75, 3.05) is 11.9 Å². The number of carbonyl (C=O) groups excluding carboxylic acids is 1. The van der Waals surface area contributed by atoms with E-state index in [1.807, 2.05) is 0 Å². The fourth-order valence-electron chi connectivity index (χ4n) is 2.36. The number of hydrogen-bond acceptors (Lipinski definition) is 5. The maximum atomic E-state index is 12.1. The number of rotatable bonds is 4. The quantitative estimate of drug-likeness (QED) is 0.922. The summed E-state index contributed by atoms with van der Waals surface area (Å²) in [4.78, 5) is 20.2. The SMILES string of the molecule is O=C(C[C@@H]1CCCCO1)Nc1cncnc1-n1cccn1. The van der Waals surface area contributed by atoms with Crippen LogP contribution in [-0.4, -0.2) is 38.4 Å². The summed E-state index contributed by atoms with van der Waals surface area (Å²) >= 11 is 0. The van der Waals surface area contributed by atoms with Crippen LogP contribution >= 0.6 is 0 Å². The summed E-state index contributed by atoms with van der Waals surface area (Å²) in [6.45, 7) is 0.741. The summed E-state index contributed by atoms with van der Waals surface area (Å²) < 4.78 is 7.17. The minimum atomic E-state index is -0.0925. The lowest BCUT2D eigenvalue weighted by molar-refractivity contribution is -0.119. The zero-order valence-electron chi connectivity index (χ0n) is 11.6. The molecule has 3 heterocycles. The molecule has 21 heavy (non-hydrogen) atoms. The molecule has 0 spiro atoms. The van der Waals surface area contributed by atoms with Crippen molar-refractivity contribution in [2.24, 2.45) is 0 Å². The summed E-state index contributed by atoms with van der Waals surface area (Å²) in [5.41, 5.74) is 0.544. The largest absolute Gasteiger partial charge is 0.378 e. The Morgan fingerprint density at radius 3 is 3.19 bits per heavy atom. The third-order valence-electron chi connectivity index (χ3n) is 3.37. The maximum absolute atomic E-state index is 12.1. The van der Waals surface area contributed by atoms with E-state index in [0.717, 1.165) is 25.9 Å². The molecule has 0 unspecified atom stereocenters. The van der Waals surface area contributed by atoms with Gasteiger partial charge in [0.1, 0.15) is 12.0 Å². The monoisotopic (exact) mass is 287 g/mol. The van der Waals surface area contributed by atoms with Gasteiger partial charge in [0.25, 0.3) is 0 Å². The molecule has 1 saturated heterocycles. The molecule has 2 aromatic heterocycles. The highest BCUT2D eigenvalue weighted by Gasteiger charge is 2.18. The maximum Gasteiger partial charge on any atom is 0.227 e. The van der Waals surface area contributed by atoms with E-state index in [9.17, 15) is 4.79 Å². The predicted molar refractivity (Wildman–Crippen MR) is 76.0 cm³/mol. The van der Waals surface area contributed by atoms with Gasteiger partial charge in [0.2, 0.25) is 5.91 Å². The fourth-order valence-corrected chi connectivity index (χ4v) is 2.36. The average Bonchev–Trinajstić information content (AvgIpc) is 3.03. The number of anilines is 1. The predicted octanol–water partition coefficient (Wildman–Crippen LogP) is 1.56. The molecule has 1 atom stereocenters. The zero-order chi connectivity index (χ0) is 14.5. The van der Waals surface area contributed by atoms with Gasteiger partial charge in [-0.25, -0.2) is 14.6 Å². The molecule has 0 saturated carbocycles. The third kappa shape index (κ3) is 3.43. The first-order valence-electron chi connectivity index (χ1n) is 7.04. The summed E-state index contributed by atoms with van der Waals surface area (Å²) in [5.74, 6) is 0.456. The van der Waals surface area contributed by atoms with Crippen LogP contribution in [0.25, 0.3) is 5.82 Å². The van der Waals surface area contributed by atoms with Crippen molar-refractivity contribution in [3.05, 3.63) is 31.0 Å². The van der Waals surface area contributed by atoms with Gasteiger partial charge in [-0.2, -0.15) is 5.10 Å². The second kappa shape index (κ2) is 6.45. The Hall–Kier alpha value is -2.28. The number of aromatic nitrogens is 4. The van der Waals surface area contributed by atoms with Crippen molar-refractivity contribution in [3.8, 4) is 5.82 Å². The van der Waals surface area contributed by atoms with Gasteiger partial charge >= 0.3 is 0 Å². The molecule has 110 valence electrons. The molecule has 7 heteroatoms. The van der Waals surface area contributed by atoms with Crippen molar-refractivity contribution in [1.29, 1.82) is 0 Å². The van der Waals surface area contributed by atoms with Gasteiger partial charge in [-0.3, -0.25) is 4.79 Å².